The predicted octanol–water partition coefficient (Wildman–Crippen LogP) is 5.22. The van der Waals surface area contributed by atoms with Gasteiger partial charge in [0, 0.05) is 24.0 Å². The Morgan fingerprint density at radius 2 is 1.65 bits per heavy atom. The van der Waals surface area contributed by atoms with Crippen LogP contribution in [0.1, 0.15) is 17.2 Å². The first-order valence-corrected chi connectivity index (χ1v) is 13.1. The van der Waals surface area contributed by atoms with E-state index in [1.165, 1.54) is 11.8 Å². The van der Waals surface area contributed by atoms with Gasteiger partial charge < -0.3 is 9.88 Å². The fourth-order valence-electron chi connectivity index (χ4n) is 4.49. The molecular weight excluding hydrogens is 482 g/mol. The highest BCUT2D eigenvalue weighted by Gasteiger charge is 2.16. The third-order valence-electron chi connectivity index (χ3n) is 6.35. The number of hydrogen-bond acceptors (Lipinski definition) is 6. The van der Waals surface area contributed by atoms with E-state index in [-0.39, 0.29) is 11.7 Å². The molecule has 0 bridgehead atoms. The maximum absolute atomic E-state index is 12.7. The maximum atomic E-state index is 12.7. The number of amides is 1. The molecule has 3 heterocycles. The fourth-order valence-corrected chi connectivity index (χ4v) is 5.24. The average molecular weight is 508 g/mol. The number of aryl methyl sites for hydroxylation is 4. The number of thioether (sulfide) groups is 1. The molecule has 8 nitrogen and oxygen atoms in total. The van der Waals surface area contributed by atoms with E-state index in [0.717, 1.165) is 57.0 Å². The Morgan fingerprint density at radius 1 is 0.892 bits per heavy atom. The Morgan fingerprint density at radius 3 is 2.51 bits per heavy atom. The number of benzene rings is 3. The van der Waals surface area contributed by atoms with Crippen molar-refractivity contribution in [3.63, 3.8) is 0 Å². The summed E-state index contributed by atoms with van der Waals surface area (Å²) in [7, 11) is 0. The molecule has 6 rings (SSSR count). The van der Waals surface area contributed by atoms with Gasteiger partial charge in [0.2, 0.25) is 5.91 Å². The van der Waals surface area contributed by atoms with Crippen LogP contribution in [-0.4, -0.2) is 40.8 Å². The van der Waals surface area contributed by atoms with E-state index < -0.39 is 0 Å². The Kier molecular flexibility index (Phi) is 6.05. The molecule has 0 saturated carbocycles. The summed E-state index contributed by atoms with van der Waals surface area (Å²) in [6, 6.07) is 23.8. The second-order valence-corrected chi connectivity index (χ2v) is 9.82. The van der Waals surface area contributed by atoms with Gasteiger partial charge in [0.15, 0.2) is 16.6 Å². The number of aromatic nitrogens is 6. The van der Waals surface area contributed by atoms with Gasteiger partial charge >= 0.3 is 0 Å². The lowest BCUT2D eigenvalue weighted by Crippen LogP contribution is -2.15. The van der Waals surface area contributed by atoms with Crippen LogP contribution in [-0.2, 0) is 17.8 Å². The lowest BCUT2D eigenvalue weighted by molar-refractivity contribution is -0.113. The van der Waals surface area contributed by atoms with E-state index in [0.29, 0.717) is 11.6 Å². The number of carbonyl (C=O) groups is 1. The number of anilines is 1. The van der Waals surface area contributed by atoms with Crippen molar-refractivity contribution in [2.75, 3.05) is 11.1 Å². The Hall–Kier alpha value is -4.24. The summed E-state index contributed by atoms with van der Waals surface area (Å²) in [4.78, 5) is 27.1. The third-order valence-corrected chi connectivity index (χ3v) is 7.28. The predicted molar refractivity (Wildman–Crippen MR) is 147 cm³/mol. The number of para-hydroxylation sites is 4. The van der Waals surface area contributed by atoms with E-state index in [1.807, 2.05) is 80.6 Å². The zero-order valence-electron chi connectivity index (χ0n) is 20.5. The molecule has 0 unspecified atom stereocenters. The van der Waals surface area contributed by atoms with Crippen molar-refractivity contribution < 1.29 is 4.79 Å². The number of nitrogens with one attached hydrogen (secondary N) is 1. The van der Waals surface area contributed by atoms with Gasteiger partial charge in [-0.15, -0.1) is 5.10 Å². The van der Waals surface area contributed by atoms with Crippen LogP contribution < -0.4 is 5.32 Å². The third kappa shape index (κ3) is 4.53. The van der Waals surface area contributed by atoms with Gasteiger partial charge in [-0.3, -0.25) is 4.79 Å². The lowest BCUT2D eigenvalue weighted by Gasteiger charge is -2.09. The van der Waals surface area contributed by atoms with Crippen molar-refractivity contribution >= 4 is 50.9 Å². The maximum Gasteiger partial charge on any atom is 0.234 e. The summed E-state index contributed by atoms with van der Waals surface area (Å²) in [6.07, 6.45) is 0.648. The molecule has 37 heavy (non-hydrogen) atoms. The molecular formula is C28H25N7OS. The molecule has 0 aliphatic heterocycles. The van der Waals surface area contributed by atoms with Gasteiger partial charge in [0.25, 0.3) is 0 Å². The van der Waals surface area contributed by atoms with Crippen molar-refractivity contribution in [1.29, 1.82) is 0 Å². The number of nitrogens with zero attached hydrogens (tertiary/aromatic N) is 6. The molecule has 0 fully saturated rings. The molecule has 3 aromatic heterocycles. The topological polar surface area (TPSA) is 90.0 Å². The zero-order valence-corrected chi connectivity index (χ0v) is 21.4. The Labute approximate surface area is 217 Å². The highest BCUT2D eigenvalue weighted by molar-refractivity contribution is 7.99. The molecule has 9 heteroatoms. The first kappa shape index (κ1) is 23.2. The summed E-state index contributed by atoms with van der Waals surface area (Å²) in [5, 5.41) is 9.36. The zero-order chi connectivity index (χ0) is 25.4. The second-order valence-electron chi connectivity index (χ2n) is 8.88. The quantitative estimate of drug-likeness (QED) is 0.235. The molecule has 0 atom stereocenters. The summed E-state index contributed by atoms with van der Waals surface area (Å²) in [5.74, 6) is 1.81. The average Bonchev–Trinajstić information content (AvgIpc) is 3.48. The molecule has 0 aliphatic rings. The molecule has 0 saturated heterocycles. The van der Waals surface area contributed by atoms with Gasteiger partial charge in [-0.25, -0.2) is 15.0 Å². The molecule has 3 aromatic carbocycles. The van der Waals surface area contributed by atoms with Crippen LogP contribution in [0.4, 0.5) is 5.69 Å². The number of rotatable bonds is 7. The summed E-state index contributed by atoms with van der Waals surface area (Å²) in [6.45, 7) is 4.71. The molecule has 0 radical (unpaired) electrons. The van der Waals surface area contributed by atoms with E-state index >= 15 is 0 Å². The van der Waals surface area contributed by atoms with E-state index in [4.69, 9.17) is 15.1 Å². The van der Waals surface area contributed by atoms with E-state index in [2.05, 4.69) is 20.9 Å². The Bertz CT molecular complexity index is 1770. The van der Waals surface area contributed by atoms with E-state index in [9.17, 15) is 4.79 Å². The number of imidazole rings is 1. The molecule has 1 amide bonds. The first-order chi connectivity index (χ1) is 18.1. The first-order valence-electron chi connectivity index (χ1n) is 12.1. The van der Waals surface area contributed by atoms with Crippen molar-refractivity contribution in [2.45, 2.75) is 32.0 Å². The second kappa shape index (κ2) is 9.67. The van der Waals surface area contributed by atoms with Crippen molar-refractivity contribution in [1.82, 2.24) is 29.1 Å². The molecule has 0 aliphatic carbocycles. The highest BCUT2D eigenvalue weighted by atomic mass is 32.2. The summed E-state index contributed by atoms with van der Waals surface area (Å²) < 4.78 is 3.96. The fraction of sp³-hybridized carbons (Fsp3) is 0.179. The van der Waals surface area contributed by atoms with E-state index in [1.54, 1.807) is 4.52 Å². The number of fused-ring (bicyclic) bond motifs is 4. The SMILES string of the molecule is Cc1ccccc1NC(=O)CSc1nc2ccccc2c2nc(CCn3c(C)nc4ccccc43)nn12. The monoisotopic (exact) mass is 507 g/mol. The van der Waals surface area contributed by atoms with Crippen LogP contribution in [0.25, 0.3) is 27.6 Å². The van der Waals surface area contributed by atoms with Crippen molar-refractivity contribution in [3.8, 4) is 0 Å². The molecule has 0 spiro atoms. The van der Waals surface area contributed by atoms with Crippen LogP contribution in [0.5, 0.6) is 0 Å². The van der Waals surface area contributed by atoms with Crippen molar-refractivity contribution in [2.24, 2.45) is 0 Å². The van der Waals surface area contributed by atoms with Crippen LogP contribution >= 0.6 is 11.8 Å². The summed E-state index contributed by atoms with van der Waals surface area (Å²) in [5.41, 5.74) is 5.50. The highest BCUT2D eigenvalue weighted by Crippen LogP contribution is 2.25. The standard InChI is InChI=1S/C28H25N7OS/c1-18-9-3-5-11-21(18)30-26(36)17-37-28-31-22-12-6-4-10-20(22)27-32-25(33-35(27)28)15-16-34-19(2)29-23-13-7-8-14-24(23)34/h3-14H,15-17H2,1-2H3,(H,30,36). The Balaban J connectivity index is 1.28. The van der Waals surface area contributed by atoms with Gasteiger partial charge in [-0.1, -0.05) is 54.2 Å². The minimum absolute atomic E-state index is 0.0924. The lowest BCUT2D eigenvalue weighted by atomic mass is 10.2. The number of hydrogen-bond donors (Lipinski definition) is 1. The van der Waals surface area contributed by atoms with Crippen LogP contribution in [0.2, 0.25) is 0 Å². The van der Waals surface area contributed by atoms with Gasteiger partial charge in [0.05, 0.1) is 22.3 Å². The van der Waals surface area contributed by atoms with Crippen molar-refractivity contribution in [3.05, 3.63) is 90.0 Å². The number of carbonyl (C=O) groups excluding carboxylic acids is 1. The van der Waals surface area contributed by atoms with Gasteiger partial charge in [0.1, 0.15) is 5.82 Å². The smallest absolute Gasteiger partial charge is 0.234 e. The van der Waals surface area contributed by atoms with Crippen LogP contribution in [0.15, 0.2) is 78.0 Å². The van der Waals surface area contributed by atoms with Crippen LogP contribution in [0, 0.1) is 13.8 Å². The summed E-state index contributed by atoms with van der Waals surface area (Å²) >= 11 is 1.35. The molecule has 184 valence electrons. The minimum Gasteiger partial charge on any atom is -0.328 e. The minimum atomic E-state index is -0.0924. The molecule has 6 aromatic rings. The van der Waals surface area contributed by atoms with Crippen LogP contribution in [0.3, 0.4) is 0 Å². The normalized spacial score (nSPS) is 11.5. The van der Waals surface area contributed by atoms with Gasteiger partial charge in [-0.2, -0.15) is 4.52 Å². The molecule has 1 N–H and O–H groups in total. The van der Waals surface area contributed by atoms with Gasteiger partial charge in [-0.05, 0) is 49.7 Å². The largest absolute Gasteiger partial charge is 0.328 e.